The van der Waals surface area contributed by atoms with E-state index in [9.17, 15) is 13.2 Å². The molecule has 0 saturated heterocycles. The number of nitrogens with zero attached hydrogens (tertiary/aromatic N) is 4. The number of aryl methyl sites for hydroxylation is 1. The van der Waals surface area contributed by atoms with Crippen molar-refractivity contribution < 1.29 is 13.2 Å². The fourth-order valence-corrected chi connectivity index (χ4v) is 3.43. The van der Waals surface area contributed by atoms with Gasteiger partial charge in [-0.25, -0.2) is 0 Å². The summed E-state index contributed by atoms with van der Waals surface area (Å²) in [5.41, 5.74) is 7.78. The number of fused-ring (bicyclic) bond motifs is 1. The minimum atomic E-state index is -4.15. The summed E-state index contributed by atoms with van der Waals surface area (Å²) < 4.78 is 39.9. The van der Waals surface area contributed by atoms with E-state index < -0.39 is 12.1 Å². The number of benzene rings is 1. The molecular weight excluding hydrogens is 383 g/mol. The third-order valence-electron chi connectivity index (χ3n) is 5.24. The van der Waals surface area contributed by atoms with Gasteiger partial charge in [0.25, 0.3) is 0 Å². The van der Waals surface area contributed by atoms with Crippen LogP contribution in [0.1, 0.15) is 24.4 Å². The highest BCUT2D eigenvalue weighted by atomic mass is 19.4. The van der Waals surface area contributed by atoms with E-state index in [4.69, 9.17) is 5.73 Å². The zero-order chi connectivity index (χ0) is 20.6. The maximum Gasteiger partial charge on any atom is 0.391 e. The van der Waals surface area contributed by atoms with Gasteiger partial charge in [0.15, 0.2) is 5.65 Å². The first-order valence-corrected chi connectivity index (χ1v) is 9.38. The first-order valence-electron chi connectivity index (χ1n) is 9.38. The molecule has 0 bridgehead atoms. The van der Waals surface area contributed by atoms with Crippen molar-refractivity contribution in [3.05, 3.63) is 42.1 Å². The molecule has 1 aromatic carbocycles. The summed E-state index contributed by atoms with van der Waals surface area (Å²) in [4.78, 5) is 8.93. The Morgan fingerprint density at radius 3 is 2.62 bits per heavy atom. The van der Waals surface area contributed by atoms with E-state index in [0.29, 0.717) is 29.3 Å². The lowest BCUT2D eigenvalue weighted by atomic mass is 9.80. The summed E-state index contributed by atoms with van der Waals surface area (Å²) in [6.45, 7) is 0.409. The van der Waals surface area contributed by atoms with Crippen molar-refractivity contribution in [3.63, 3.8) is 0 Å². The lowest BCUT2D eigenvalue weighted by molar-refractivity contribution is -0.195. The summed E-state index contributed by atoms with van der Waals surface area (Å²) in [6.07, 6.45) is -2.46. The van der Waals surface area contributed by atoms with Crippen LogP contribution >= 0.6 is 0 Å². The van der Waals surface area contributed by atoms with E-state index in [1.165, 1.54) is 0 Å². The van der Waals surface area contributed by atoms with Gasteiger partial charge in [0, 0.05) is 25.7 Å². The monoisotopic (exact) mass is 405 g/mol. The van der Waals surface area contributed by atoms with Crippen LogP contribution in [0.25, 0.3) is 11.0 Å². The lowest BCUT2D eigenvalue weighted by Gasteiger charge is -2.37. The molecule has 1 saturated carbocycles. The van der Waals surface area contributed by atoms with E-state index in [2.05, 4.69) is 25.7 Å². The highest BCUT2D eigenvalue weighted by Gasteiger charge is 2.48. The summed E-state index contributed by atoms with van der Waals surface area (Å²) >= 11 is 0. The Hall–Kier alpha value is -2.88. The van der Waals surface area contributed by atoms with E-state index in [-0.39, 0.29) is 24.9 Å². The van der Waals surface area contributed by atoms with E-state index in [1.54, 1.807) is 17.9 Å². The van der Waals surface area contributed by atoms with Crippen LogP contribution in [0.5, 0.6) is 0 Å². The number of aromatic nitrogens is 4. The average molecular weight is 405 g/mol. The lowest BCUT2D eigenvalue weighted by Crippen LogP contribution is -2.43. The van der Waals surface area contributed by atoms with Crippen LogP contribution in [0.15, 0.2) is 36.5 Å². The van der Waals surface area contributed by atoms with Crippen molar-refractivity contribution in [3.8, 4) is 0 Å². The van der Waals surface area contributed by atoms with Crippen LogP contribution in [-0.4, -0.2) is 38.5 Å². The van der Waals surface area contributed by atoms with Gasteiger partial charge in [-0.2, -0.15) is 28.2 Å². The van der Waals surface area contributed by atoms with Gasteiger partial charge in [-0.05, 0) is 18.4 Å². The van der Waals surface area contributed by atoms with Crippen molar-refractivity contribution in [2.75, 3.05) is 17.2 Å². The molecule has 2 heterocycles. The number of hydrogen-bond acceptors (Lipinski definition) is 6. The molecule has 7 nitrogen and oxygen atoms in total. The quantitative estimate of drug-likeness (QED) is 0.583. The number of anilines is 2. The van der Waals surface area contributed by atoms with Gasteiger partial charge in [0.2, 0.25) is 5.95 Å². The van der Waals surface area contributed by atoms with Crippen LogP contribution in [0.3, 0.4) is 0 Å². The van der Waals surface area contributed by atoms with Crippen molar-refractivity contribution in [2.45, 2.75) is 31.1 Å². The minimum absolute atomic E-state index is 0.0386. The van der Waals surface area contributed by atoms with Gasteiger partial charge in [-0.1, -0.05) is 30.3 Å². The van der Waals surface area contributed by atoms with E-state index >= 15 is 0 Å². The number of rotatable bonds is 6. The molecule has 4 rings (SSSR count). The molecule has 10 heteroatoms. The number of halogens is 3. The summed E-state index contributed by atoms with van der Waals surface area (Å²) in [5.74, 6) is -0.432. The van der Waals surface area contributed by atoms with Gasteiger partial charge < -0.3 is 16.4 Å². The van der Waals surface area contributed by atoms with Crippen LogP contribution in [0.4, 0.5) is 24.9 Å². The number of nitrogens with two attached hydrogens (primary N) is 1. The fraction of sp³-hybridized carbons (Fsp3) is 0.421. The fourth-order valence-electron chi connectivity index (χ4n) is 3.43. The Labute approximate surface area is 165 Å². The third-order valence-corrected chi connectivity index (χ3v) is 5.24. The molecule has 0 amide bonds. The van der Waals surface area contributed by atoms with Crippen molar-refractivity contribution in [1.82, 2.24) is 19.7 Å². The molecule has 1 aliphatic rings. The minimum Gasteiger partial charge on any atom is -0.367 e. The second-order valence-corrected chi connectivity index (χ2v) is 7.35. The summed E-state index contributed by atoms with van der Waals surface area (Å²) in [6, 6.07) is 9.11. The van der Waals surface area contributed by atoms with E-state index in [1.807, 2.05) is 30.3 Å². The predicted octanol–water partition coefficient (Wildman–Crippen LogP) is 3.23. The molecular formula is C19H22F3N7. The second kappa shape index (κ2) is 7.51. The standard InChI is InChI=1S/C19H22F3N7/c1-29-17-14(9-25-29)16(26-13-7-12(8-13)19(20,21)22)27-18(28-17)24-10-15(23)11-5-3-2-4-6-11/h2-6,9,12-13,15H,7-8,10,23H2,1H3,(H2,24,26,27,28)/t12?,13?,15-/m0/s1. The van der Waals surface area contributed by atoms with Gasteiger partial charge in [0.05, 0.1) is 17.5 Å². The van der Waals surface area contributed by atoms with Crippen LogP contribution < -0.4 is 16.4 Å². The molecule has 0 spiro atoms. The molecule has 0 aliphatic heterocycles. The average Bonchev–Trinajstić information content (AvgIpc) is 3.03. The Morgan fingerprint density at radius 1 is 1.21 bits per heavy atom. The SMILES string of the molecule is Cn1ncc2c(NC3CC(C(F)(F)F)C3)nc(NC[C@H](N)c3ccccc3)nc21. The Bertz CT molecular complexity index is 981. The highest BCUT2D eigenvalue weighted by molar-refractivity contribution is 5.87. The highest BCUT2D eigenvalue weighted by Crippen LogP contribution is 2.42. The number of alkyl halides is 3. The predicted molar refractivity (Wildman–Crippen MR) is 104 cm³/mol. The number of hydrogen-bond donors (Lipinski definition) is 3. The zero-order valence-corrected chi connectivity index (χ0v) is 15.8. The summed E-state index contributed by atoms with van der Waals surface area (Å²) in [5, 5.41) is 11.1. The van der Waals surface area contributed by atoms with Crippen LogP contribution in [0.2, 0.25) is 0 Å². The van der Waals surface area contributed by atoms with Gasteiger partial charge >= 0.3 is 6.18 Å². The van der Waals surface area contributed by atoms with Crippen LogP contribution in [-0.2, 0) is 7.05 Å². The van der Waals surface area contributed by atoms with Crippen molar-refractivity contribution in [1.29, 1.82) is 0 Å². The van der Waals surface area contributed by atoms with Gasteiger partial charge in [-0.3, -0.25) is 4.68 Å². The molecule has 0 radical (unpaired) electrons. The molecule has 1 fully saturated rings. The maximum absolute atomic E-state index is 12.8. The normalized spacial score (nSPS) is 20.3. The molecule has 1 atom stereocenters. The van der Waals surface area contributed by atoms with Crippen LogP contribution in [0, 0.1) is 5.92 Å². The van der Waals surface area contributed by atoms with Crippen molar-refractivity contribution in [2.24, 2.45) is 18.7 Å². The zero-order valence-electron chi connectivity index (χ0n) is 15.8. The molecule has 29 heavy (non-hydrogen) atoms. The molecule has 0 unspecified atom stereocenters. The largest absolute Gasteiger partial charge is 0.391 e. The molecule has 4 N–H and O–H groups in total. The van der Waals surface area contributed by atoms with E-state index in [0.717, 1.165) is 5.56 Å². The Morgan fingerprint density at radius 2 is 1.93 bits per heavy atom. The first kappa shape index (κ1) is 19.4. The summed E-state index contributed by atoms with van der Waals surface area (Å²) in [7, 11) is 1.75. The molecule has 1 aliphatic carbocycles. The molecule has 154 valence electrons. The first-order chi connectivity index (χ1) is 13.8. The van der Waals surface area contributed by atoms with Gasteiger partial charge in [-0.15, -0.1) is 0 Å². The smallest absolute Gasteiger partial charge is 0.367 e. The third kappa shape index (κ3) is 4.12. The molecule has 3 aromatic rings. The maximum atomic E-state index is 12.8. The second-order valence-electron chi connectivity index (χ2n) is 7.35. The topological polar surface area (TPSA) is 93.7 Å². The Balaban J connectivity index is 1.49. The van der Waals surface area contributed by atoms with Crippen molar-refractivity contribution >= 4 is 22.8 Å². The van der Waals surface area contributed by atoms with Gasteiger partial charge in [0.1, 0.15) is 5.82 Å². The number of nitrogens with one attached hydrogen (secondary N) is 2. The molecule has 2 aromatic heterocycles. The Kier molecular flexibility index (Phi) is 5.03.